The third-order valence-corrected chi connectivity index (χ3v) is 3.63. The summed E-state index contributed by atoms with van der Waals surface area (Å²) >= 11 is 0. The van der Waals surface area contributed by atoms with Crippen LogP contribution in [0.4, 0.5) is 9.18 Å². The Morgan fingerprint density at radius 2 is 1.78 bits per heavy atom. The van der Waals surface area contributed by atoms with Gasteiger partial charge in [0.2, 0.25) is 0 Å². The Bertz CT molecular complexity index is 797. The van der Waals surface area contributed by atoms with Crippen LogP contribution in [0.2, 0.25) is 0 Å². The molecule has 0 bridgehead atoms. The average molecular weight is 310 g/mol. The monoisotopic (exact) mass is 310 g/mol. The van der Waals surface area contributed by atoms with Crippen LogP contribution in [0.3, 0.4) is 0 Å². The van der Waals surface area contributed by atoms with Gasteiger partial charge in [0.25, 0.3) is 5.91 Å². The lowest BCUT2D eigenvalue weighted by Crippen LogP contribution is -2.30. The molecule has 5 heteroatoms. The molecule has 0 saturated carbocycles. The average Bonchev–Trinajstić information content (AvgIpc) is 2.79. The lowest BCUT2D eigenvalue weighted by atomic mass is 10.1. The van der Waals surface area contributed by atoms with E-state index in [1.807, 2.05) is 31.2 Å². The fourth-order valence-electron chi connectivity index (χ4n) is 2.34. The van der Waals surface area contributed by atoms with E-state index in [1.165, 1.54) is 12.1 Å². The highest BCUT2D eigenvalue weighted by molar-refractivity contribution is 6.13. The molecule has 1 saturated heterocycles. The summed E-state index contributed by atoms with van der Waals surface area (Å²) in [5.41, 5.74) is 2.29. The van der Waals surface area contributed by atoms with Gasteiger partial charge in [-0.25, -0.2) is 9.18 Å². The molecule has 2 aromatic rings. The Morgan fingerprint density at radius 1 is 1.09 bits per heavy atom. The van der Waals surface area contributed by atoms with Crippen LogP contribution >= 0.6 is 0 Å². The molecule has 3 rings (SSSR count). The number of amides is 3. The van der Waals surface area contributed by atoms with Crippen LogP contribution in [0.1, 0.15) is 16.7 Å². The van der Waals surface area contributed by atoms with E-state index in [0.717, 1.165) is 16.0 Å². The summed E-state index contributed by atoms with van der Waals surface area (Å²) in [7, 11) is 0. The van der Waals surface area contributed by atoms with Crippen molar-refractivity contribution < 1.29 is 14.0 Å². The predicted octanol–water partition coefficient (Wildman–Crippen LogP) is 3.23. The minimum absolute atomic E-state index is 0.0761. The third-order valence-electron chi connectivity index (χ3n) is 3.63. The summed E-state index contributed by atoms with van der Waals surface area (Å²) in [4.78, 5) is 25.5. The maximum absolute atomic E-state index is 13.7. The second-order valence-electron chi connectivity index (χ2n) is 5.39. The van der Waals surface area contributed by atoms with E-state index >= 15 is 0 Å². The van der Waals surface area contributed by atoms with Crippen molar-refractivity contribution >= 4 is 18.0 Å². The van der Waals surface area contributed by atoms with Gasteiger partial charge in [0.15, 0.2) is 0 Å². The van der Waals surface area contributed by atoms with E-state index < -0.39 is 17.8 Å². The van der Waals surface area contributed by atoms with Crippen molar-refractivity contribution in [3.63, 3.8) is 0 Å². The zero-order valence-electron chi connectivity index (χ0n) is 12.5. The number of halogens is 1. The number of nitrogens with zero attached hydrogens (tertiary/aromatic N) is 1. The number of hydrogen-bond donors (Lipinski definition) is 1. The molecule has 23 heavy (non-hydrogen) atoms. The van der Waals surface area contributed by atoms with Crippen molar-refractivity contribution in [3.05, 3.63) is 76.7 Å². The molecule has 0 unspecified atom stereocenters. The first-order valence-electron chi connectivity index (χ1n) is 7.19. The maximum Gasteiger partial charge on any atom is 0.329 e. The Morgan fingerprint density at radius 3 is 2.48 bits per heavy atom. The number of hydrogen-bond acceptors (Lipinski definition) is 2. The molecule has 0 atom stereocenters. The van der Waals surface area contributed by atoms with E-state index in [4.69, 9.17) is 0 Å². The highest BCUT2D eigenvalue weighted by Gasteiger charge is 2.33. The molecule has 1 aliphatic heterocycles. The largest absolute Gasteiger partial charge is 0.329 e. The van der Waals surface area contributed by atoms with Gasteiger partial charge in [-0.3, -0.25) is 9.69 Å². The second kappa shape index (κ2) is 6.04. The molecule has 1 aliphatic rings. The van der Waals surface area contributed by atoms with Crippen molar-refractivity contribution in [3.8, 4) is 0 Å². The van der Waals surface area contributed by atoms with E-state index in [2.05, 4.69) is 5.32 Å². The van der Waals surface area contributed by atoms with Crippen LogP contribution in [0.5, 0.6) is 0 Å². The van der Waals surface area contributed by atoms with Gasteiger partial charge in [0.05, 0.1) is 6.54 Å². The highest BCUT2D eigenvalue weighted by atomic mass is 19.1. The van der Waals surface area contributed by atoms with Crippen molar-refractivity contribution in [2.24, 2.45) is 0 Å². The van der Waals surface area contributed by atoms with Gasteiger partial charge in [-0.05, 0) is 24.6 Å². The van der Waals surface area contributed by atoms with Crippen LogP contribution in [0.15, 0.2) is 54.2 Å². The van der Waals surface area contributed by atoms with Gasteiger partial charge < -0.3 is 5.32 Å². The number of carbonyl (C=O) groups is 2. The second-order valence-corrected chi connectivity index (χ2v) is 5.39. The number of rotatable bonds is 3. The summed E-state index contributed by atoms with van der Waals surface area (Å²) in [5, 5.41) is 2.49. The van der Waals surface area contributed by atoms with Crippen LogP contribution < -0.4 is 5.32 Å². The molecule has 1 heterocycles. The van der Waals surface area contributed by atoms with Crippen LogP contribution in [-0.4, -0.2) is 16.8 Å². The van der Waals surface area contributed by atoms with Crippen LogP contribution in [0, 0.1) is 12.7 Å². The molecular weight excluding hydrogens is 295 g/mol. The first kappa shape index (κ1) is 15.0. The van der Waals surface area contributed by atoms with Gasteiger partial charge in [0.1, 0.15) is 11.5 Å². The fourth-order valence-corrected chi connectivity index (χ4v) is 2.34. The summed E-state index contributed by atoms with van der Waals surface area (Å²) in [6, 6.07) is 13.2. The lowest BCUT2D eigenvalue weighted by molar-refractivity contribution is -0.123. The number of nitrogens with one attached hydrogen (secondary N) is 1. The normalized spacial score (nSPS) is 16.1. The number of aryl methyl sites for hydroxylation is 1. The van der Waals surface area contributed by atoms with Gasteiger partial charge in [0, 0.05) is 5.56 Å². The Hall–Kier alpha value is -2.95. The van der Waals surface area contributed by atoms with Crippen molar-refractivity contribution in [2.45, 2.75) is 13.5 Å². The molecule has 2 aromatic carbocycles. The van der Waals surface area contributed by atoms with Gasteiger partial charge in [-0.2, -0.15) is 0 Å². The van der Waals surface area contributed by atoms with Gasteiger partial charge in [-0.1, -0.05) is 48.0 Å². The van der Waals surface area contributed by atoms with Crippen molar-refractivity contribution in [2.75, 3.05) is 0 Å². The molecule has 0 aliphatic carbocycles. The minimum atomic E-state index is -0.502. The molecule has 0 aromatic heterocycles. The molecule has 1 N–H and O–H groups in total. The molecule has 1 fully saturated rings. The number of benzene rings is 2. The first-order valence-corrected chi connectivity index (χ1v) is 7.19. The molecule has 0 spiro atoms. The van der Waals surface area contributed by atoms with Crippen molar-refractivity contribution in [1.82, 2.24) is 10.2 Å². The van der Waals surface area contributed by atoms with E-state index in [9.17, 15) is 14.0 Å². The number of carbonyl (C=O) groups excluding carboxylic acids is 2. The quantitative estimate of drug-likeness (QED) is 0.699. The summed E-state index contributed by atoms with van der Waals surface area (Å²) in [6.07, 6.45) is 1.35. The smallest absolute Gasteiger partial charge is 0.303 e. The SMILES string of the molecule is Cc1ccc(CN2C(=O)N/C(=C\c3ccccc3F)C2=O)cc1. The molecule has 3 amide bonds. The maximum atomic E-state index is 13.7. The zero-order chi connectivity index (χ0) is 16.4. The number of imide groups is 1. The highest BCUT2D eigenvalue weighted by Crippen LogP contribution is 2.18. The summed E-state index contributed by atoms with van der Waals surface area (Å²) < 4.78 is 13.7. The lowest BCUT2D eigenvalue weighted by Gasteiger charge is -2.11. The van der Waals surface area contributed by atoms with Crippen LogP contribution in [0.25, 0.3) is 6.08 Å². The minimum Gasteiger partial charge on any atom is -0.303 e. The summed E-state index contributed by atoms with van der Waals surface area (Å²) in [5.74, 6) is -0.905. The Balaban J connectivity index is 1.82. The number of urea groups is 1. The summed E-state index contributed by atoms with van der Waals surface area (Å²) in [6.45, 7) is 2.15. The standard InChI is InChI=1S/C18H15FN2O2/c1-12-6-8-13(9-7-12)11-21-17(22)16(20-18(21)23)10-14-4-2-3-5-15(14)19/h2-10H,11H2,1H3,(H,20,23)/b16-10-. The van der Waals surface area contributed by atoms with E-state index in [1.54, 1.807) is 18.2 Å². The molecule has 116 valence electrons. The fraction of sp³-hybridized carbons (Fsp3) is 0.111. The molecule has 4 nitrogen and oxygen atoms in total. The van der Waals surface area contributed by atoms with E-state index in [-0.39, 0.29) is 17.8 Å². The zero-order valence-corrected chi connectivity index (χ0v) is 12.5. The predicted molar refractivity (Wildman–Crippen MR) is 84.6 cm³/mol. The van der Waals surface area contributed by atoms with E-state index in [0.29, 0.717) is 0 Å². The van der Waals surface area contributed by atoms with Crippen LogP contribution in [-0.2, 0) is 11.3 Å². The molecule has 0 radical (unpaired) electrons. The van der Waals surface area contributed by atoms with Gasteiger partial charge >= 0.3 is 6.03 Å². The van der Waals surface area contributed by atoms with Crippen molar-refractivity contribution in [1.29, 1.82) is 0 Å². The Kier molecular flexibility index (Phi) is 3.93. The molecular formula is C18H15FN2O2. The Labute approximate surface area is 133 Å². The topological polar surface area (TPSA) is 49.4 Å². The van der Waals surface area contributed by atoms with Gasteiger partial charge in [-0.15, -0.1) is 0 Å². The first-order chi connectivity index (χ1) is 11.0. The third kappa shape index (κ3) is 3.13.